The summed E-state index contributed by atoms with van der Waals surface area (Å²) in [4.78, 5) is 0. The van der Waals surface area contributed by atoms with Gasteiger partial charge in [-0.3, -0.25) is 0 Å². The van der Waals surface area contributed by atoms with E-state index >= 15 is 0 Å². The van der Waals surface area contributed by atoms with E-state index in [0.29, 0.717) is 0 Å². The van der Waals surface area contributed by atoms with Crippen LogP contribution in [0.3, 0.4) is 0 Å². The molecule has 0 N–H and O–H groups in total. The lowest BCUT2D eigenvalue weighted by Crippen LogP contribution is -1.86. The fourth-order valence-electron chi connectivity index (χ4n) is 3.16. The van der Waals surface area contributed by atoms with Crippen molar-refractivity contribution in [1.82, 2.24) is 0 Å². The average Bonchev–Trinajstić information content (AvgIpc) is 2.47. The lowest BCUT2D eigenvalue weighted by atomic mass is 9.92. The van der Waals surface area contributed by atoms with E-state index in [4.69, 9.17) is 0 Å². The minimum atomic E-state index is 1.29. The van der Waals surface area contributed by atoms with Crippen LogP contribution in [-0.4, -0.2) is 0 Å². The molecule has 0 aromatic heterocycles. The van der Waals surface area contributed by atoms with Crippen molar-refractivity contribution >= 4 is 54.9 Å². The Bertz CT molecular complexity index is 967. The number of benzene rings is 4. The quantitative estimate of drug-likeness (QED) is 0.261. The van der Waals surface area contributed by atoms with Gasteiger partial charge in [-0.15, -0.1) is 0 Å². The Balaban J connectivity index is 2.45. The molecule has 0 radical (unpaired) electrons. The van der Waals surface area contributed by atoms with Gasteiger partial charge in [0.2, 0.25) is 0 Å². The monoisotopic (exact) mass is 368 g/mol. The highest BCUT2D eigenvalue weighted by atomic mass is 127. The highest BCUT2D eigenvalue weighted by molar-refractivity contribution is 14.1. The predicted molar refractivity (Wildman–Crippen MR) is 96.4 cm³/mol. The van der Waals surface area contributed by atoms with Crippen LogP contribution in [0.1, 0.15) is 5.56 Å². The second-order valence-electron chi connectivity index (χ2n) is 5.23. The standard InChI is InChI=1S/C19H13I/c1-12-5-4-8-17-18-11-13(20)9-10-15(18)14-6-2-3-7-16(14)19(12)17/h2-11H,1H3. The van der Waals surface area contributed by atoms with Crippen LogP contribution in [0.4, 0.5) is 0 Å². The largest absolute Gasteiger partial charge is 0.0616 e. The SMILES string of the molecule is Cc1cccc2c3cc(I)ccc3c3ccccc3c12. The molecule has 0 nitrogen and oxygen atoms in total. The zero-order chi connectivity index (χ0) is 13.7. The van der Waals surface area contributed by atoms with Gasteiger partial charge in [0.15, 0.2) is 0 Å². The molecule has 4 aromatic carbocycles. The Morgan fingerprint density at radius 2 is 1.30 bits per heavy atom. The smallest absolute Gasteiger partial charge is 0.0136 e. The van der Waals surface area contributed by atoms with Crippen molar-refractivity contribution in [2.45, 2.75) is 6.92 Å². The van der Waals surface area contributed by atoms with Crippen molar-refractivity contribution in [3.8, 4) is 0 Å². The molecule has 0 unspecified atom stereocenters. The summed E-state index contributed by atoms with van der Waals surface area (Å²) in [5, 5.41) is 8.15. The van der Waals surface area contributed by atoms with Gasteiger partial charge in [-0.05, 0) is 79.5 Å². The number of hydrogen-bond donors (Lipinski definition) is 0. The third-order valence-corrected chi connectivity index (χ3v) is 4.70. The van der Waals surface area contributed by atoms with E-state index in [1.807, 2.05) is 0 Å². The van der Waals surface area contributed by atoms with Gasteiger partial charge >= 0.3 is 0 Å². The van der Waals surface area contributed by atoms with Gasteiger partial charge in [0.1, 0.15) is 0 Å². The zero-order valence-corrected chi connectivity index (χ0v) is 13.3. The fraction of sp³-hybridized carbons (Fsp3) is 0.0526. The van der Waals surface area contributed by atoms with Crippen molar-refractivity contribution in [3.05, 3.63) is 69.8 Å². The van der Waals surface area contributed by atoms with Crippen LogP contribution < -0.4 is 0 Å². The number of halogens is 1. The lowest BCUT2D eigenvalue weighted by Gasteiger charge is -2.12. The van der Waals surface area contributed by atoms with Gasteiger partial charge in [-0.2, -0.15) is 0 Å². The van der Waals surface area contributed by atoms with Crippen LogP contribution in [0.15, 0.2) is 60.7 Å². The normalized spacial score (nSPS) is 11.5. The first-order chi connectivity index (χ1) is 9.75. The Kier molecular flexibility index (Phi) is 2.71. The molecule has 0 aliphatic carbocycles. The van der Waals surface area contributed by atoms with Gasteiger partial charge in [-0.1, -0.05) is 48.5 Å². The maximum atomic E-state index is 2.39. The van der Waals surface area contributed by atoms with Crippen molar-refractivity contribution in [3.63, 3.8) is 0 Å². The third kappa shape index (κ3) is 1.66. The summed E-state index contributed by atoms with van der Waals surface area (Å²) in [6.07, 6.45) is 0. The Morgan fingerprint density at radius 1 is 0.650 bits per heavy atom. The first kappa shape index (κ1) is 12.2. The summed E-state index contributed by atoms with van der Waals surface area (Å²) < 4.78 is 1.29. The number of aryl methyl sites for hydroxylation is 1. The van der Waals surface area contributed by atoms with Crippen LogP contribution >= 0.6 is 22.6 Å². The molecule has 0 aliphatic heterocycles. The Hall–Kier alpha value is -1.61. The summed E-state index contributed by atoms with van der Waals surface area (Å²) in [5.41, 5.74) is 1.35. The number of hydrogen-bond acceptors (Lipinski definition) is 0. The molecule has 96 valence electrons. The van der Waals surface area contributed by atoms with Crippen LogP contribution in [0.5, 0.6) is 0 Å². The number of fused-ring (bicyclic) bond motifs is 6. The molecule has 0 fully saturated rings. The van der Waals surface area contributed by atoms with E-state index in [1.165, 1.54) is 41.5 Å². The third-order valence-electron chi connectivity index (χ3n) is 4.03. The molecule has 0 bridgehead atoms. The molecule has 0 aliphatic rings. The van der Waals surface area contributed by atoms with Crippen LogP contribution in [0, 0.1) is 10.5 Å². The zero-order valence-electron chi connectivity index (χ0n) is 11.2. The summed E-state index contributed by atoms with van der Waals surface area (Å²) in [5.74, 6) is 0. The lowest BCUT2D eigenvalue weighted by molar-refractivity contribution is 1.55. The summed E-state index contributed by atoms with van der Waals surface area (Å²) in [6.45, 7) is 2.20. The van der Waals surface area contributed by atoms with E-state index in [2.05, 4.69) is 90.2 Å². The molecule has 0 amide bonds. The highest BCUT2D eigenvalue weighted by Crippen LogP contribution is 2.36. The van der Waals surface area contributed by atoms with Gasteiger partial charge < -0.3 is 0 Å². The topological polar surface area (TPSA) is 0 Å². The van der Waals surface area contributed by atoms with E-state index in [0.717, 1.165) is 0 Å². The second kappa shape index (κ2) is 4.45. The van der Waals surface area contributed by atoms with E-state index in [-0.39, 0.29) is 0 Å². The molecule has 0 atom stereocenters. The van der Waals surface area contributed by atoms with E-state index in [9.17, 15) is 0 Å². The second-order valence-corrected chi connectivity index (χ2v) is 6.48. The summed E-state index contributed by atoms with van der Waals surface area (Å²) >= 11 is 2.39. The molecule has 20 heavy (non-hydrogen) atoms. The van der Waals surface area contributed by atoms with Gasteiger partial charge in [-0.25, -0.2) is 0 Å². The maximum Gasteiger partial charge on any atom is 0.0136 e. The Morgan fingerprint density at radius 3 is 2.15 bits per heavy atom. The molecular weight excluding hydrogens is 355 g/mol. The molecule has 4 rings (SSSR count). The van der Waals surface area contributed by atoms with Crippen molar-refractivity contribution in [2.75, 3.05) is 0 Å². The van der Waals surface area contributed by atoms with Crippen molar-refractivity contribution in [2.24, 2.45) is 0 Å². The van der Waals surface area contributed by atoms with E-state index < -0.39 is 0 Å². The summed E-state index contributed by atoms with van der Waals surface area (Å²) in [6, 6.07) is 22.1. The van der Waals surface area contributed by atoms with Crippen LogP contribution in [0.2, 0.25) is 0 Å². The first-order valence-electron chi connectivity index (χ1n) is 6.75. The van der Waals surface area contributed by atoms with Crippen molar-refractivity contribution in [1.29, 1.82) is 0 Å². The molecule has 1 heteroatoms. The molecule has 0 spiro atoms. The summed E-state index contributed by atoms with van der Waals surface area (Å²) in [7, 11) is 0. The molecule has 0 saturated carbocycles. The molecule has 0 saturated heterocycles. The molecule has 4 aromatic rings. The van der Waals surface area contributed by atoms with E-state index in [1.54, 1.807) is 0 Å². The molecule has 0 heterocycles. The maximum absolute atomic E-state index is 2.39. The van der Waals surface area contributed by atoms with Crippen LogP contribution in [0.25, 0.3) is 32.3 Å². The van der Waals surface area contributed by atoms with Gasteiger partial charge in [0, 0.05) is 3.57 Å². The molecular formula is C19H13I. The fourth-order valence-corrected chi connectivity index (χ4v) is 3.65. The first-order valence-corrected chi connectivity index (χ1v) is 7.83. The minimum Gasteiger partial charge on any atom is -0.0616 e. The van der Waals surface area contributed by atoms with Gasteiger partial charge in [0.25, 0.3) is 0 Å². The Labute approximate surface area is 131 Å². The highest BCUT2D eigenvalue weighted by Gasteiger charge is 2.09. The van der Waals surface area contributed by atoms with Gasteiger partial charge in [0.05, 0.1) is 0 Å². The minimum absolute atomic E-state index is 1.29. The average molecular weight is 368 g/mol. The van der Waals surface area contributed by atoms with Crippen LogP contribution in [-0.2, 0) is 0 Å². The predicted octanol–water partition coefficient (Wildman–Crippen LogP) is 6.06. The van der Waals surface area contributed by atoms with Crippen molar-refractivity contribution < 1.29 is 0 Å². The number of rotatable bonds is 0.